The highest BCUT2D eigenvalue weighted by atomic mass is 127. The predicted octanol–water partition coefficient (Wildman–Crippen LogP) is 3.82. The maximum Gasteiger partial charge on any atom is 0.140 e. The number of nitrogens with one attached hydrogen (secondary N) is 1. The van der Waals surface area contributed by atoms with Gasteiger partial charge in [0.15, 0.2) is 0 Å². The fourth-order valence-corrected chi connectivity index (χ4v) is 2.35. The van der Waals surface area contributed by atoms with Crippen molar-refractivity contribution in [2.24, 2.45) is 10.9 Å². The lowest BCUT2D eigenvalue weighted by Crippen LogP contribution is -2.25. The third-order valence-corrected chi connectivity index (χ3v) is 3.19. The predicted molar refractivity (Wildman–Crippen MR) is 75.5 cm³/mol. The third kappa shape index (κ3) is 4.55. The van der Waals surface area contributed by atoms with E-state index in [4.69, 9.17) is 11.6 Å². The Bertz CT molecular complexity index is 308. The van der Waals surface area contributed by atoms with Gasteiger partial charge in [-0.15, -0.1) is 0 Å². The summed E-state index contributed by atoms with van der Waals surface area (Å²) in [5, 5.41) is 3.87. The van der Waals surface area contributed by atoms with Crippen LogP contribution in [-0.2, 0) is 0 Å². The second kappa shape index (κ2) is 6.53. The molecule has 0 radical (unpaired) electrons. The number of nitrogens with zero attached hydrogens (tertiary/aromatic N) is 1. The number of hydrogen-bond acceptors (Lipinski definition) is 2. The van der Waals surface area contributed by atoms with E-state index in [9.17, 15) is 0 Å². The van der Waals surface area contributed by atoms with Crippen molar-refractivity contribution in [1.82, 2.24) is 5.32 Å². The van der Waals surface area contributed by atoms with Crippen molar-refractivity contribution in [3.8, 4) is 0 Å². The molecule has 15 heavy (non-hydrogen) atoms. The molecule has 0 aromatic rings. The van der Waals surface area contributed by atoms with Gasteiger partial charge in [-0.3, -0.25) is 0 Å². The van der Waals surface area contributed by atoms with E-state index in [2.05, 4.69) is 52.8 Å². The van der Waals surface area contributed by atoms with Crippen LogP contribution in [0.25, 0.3) is 0 Å². The summed E-state index contributed by atoms with van der Waals surface area (Å²) < 4.78 is 1.15. The number of halogens is 2. The van der Waals surface area contributed by atoms with Gasteiger partial charge >= 0.3 is 0 Å². The summed E-state index contributed by atoms with van der Waals surface area (Å²) in [4.78, 5) is 4.35. The van der Waals surface area contributed by atoms with Crippen LogP contribution in [0.5, 0.6) is 0 Å². The van der Waals surface area contributed by atoms with E-state index < -0.39 is 0 Å². The molecule has 1 N–H and O–H groups in total. The number of amidine groups is 1. The highest BCUT2D eigenvalue weighted by Gasteiger charge is 2.09. The maximum absolute atomic E-state index is 6.00. The lowest BCUT2D eigenvalue weighted by Gasteiger charge is -2.13. The summed E-state index contributed by atoms with van der Waals surface area (Å²) in [5.74, 6) is 1.41. The molecule has 0 aromatic heterocycles. The largest absolute Gasteiger partial charge is 0.369 e. The first-order chi connectivity index (χ1) is 7.13. The Balaban J connectivity index is 2.86. The molecular weight excluding hydrogens is 322 g/mol. The zero-order chi connectivity index (χ0) is 11.3. The van der Waals surface area contributed by atoms with Gasteiger partial charge in [-0.1, -0.05) is 31.5 Å². The molecule has 1 aliphatic rings. The Morgan fingerprint density at radius 3 is 3.07 bits per heavy atom. The Morgan fingerprint density at radius 1 is 1.67 bits per heavy atom. The minimum absolute atomic E-state index is 0.513. The van der Waals surface area contributed by atoms with Gasteiger partial charge in [0, 0.05) is 6.54 Å². The van der Waals surface area contributed by atoms with E-state index in [-0.39, 0.29) is 0 Å². The fraction of sp³-hybridized carbons (Fsp3) is 0.545. The van der Waals surface area contributed by atoms with Crippen LogP contribution in [0.15, 0.2) is 25.9 Å². The van der Waals surface area contributed by atoms with E-state index in [0.29, 0.717) is 11.1 Å². The molecule has 1 rings (SSSR count). The van der Waals surface area contributed by atoms with Crippen LogP contribution in [0, 0.1) is 5.92 Å². The fourth-order valence-electron chi connectivity index (χ4n) is 1.25. The van der Waals surface area contributed by atoms with Gasteiger partial charge in [0.05, 0.1) is 3.58 Å². The first-order valence-corrected chi connectivity index (χ1v) is 6.65. The molecule has 2 nitrogen and oxygen atoms in total. The molecule has 0 amide bonds. The Labute approximate surface area is 110 Å². The first-order valence-electron chi connectivity index (χ1n) is 5.19. The van der Waals surface area contributed by atoms with E-state index in [1.807, 2.05) is 6.08 Å². The second-order valence-electron chi connectivity index (χ2n) is 3.64. The minimum Gasteiger partial charge on any atom is -0.369 e. The summed E-state index contributed by atoms with van der Waals surface area (Å²) in [6, 6.07) is 0. The third-order valence-electron chi connectivity index (χ3n) is 2.08. The van der Waals surface area contributed by atoms with Gasteiger partial charge in [-0.05, 0) is 47.4 Å². The van der Waals surface area contributed by atoms with Gasteiger partial charge in [0.1, 0.15) is 11.0 Å². The summed E-state index contributed by atoms with van der Waals surface area (Å²) in [7, 11) is 0. The highest BCUT2D eigenvalue weighted by Crippen LogP contribution is 2.20. The number of allylic oxidation sites excluding steroid dienone is 2. The number of hydrogen-bond donors (Lipinski definition) is 1. The summed E-state index contributed by atoms with van der Waals surface area (Å²) in [6.07, 6.45) is 6.23. The number of rotatable bonds is 2. The quantitative estimate of drug-likeness (QED) is 0.601. The SMILES string of the molecule is CCCNC1=N/C(Cl)=C/CC(C)/C=C\1I. The minimum atomic E-state index is 0.513. The average molecular weight is 339 g/mol. The molecule has 1 atom stereocenters. The van der Waals surface area contributed by atoms with Crippen LogP contribution in [0.4, 0.5) is 0 Å². The van der Waals surface area contributed by atoms with Crippen LogP contribution in [0.3, 0.4) is 0 Å². The summed E-state index contributed by atoms with van der Waals surface area (Å²) >= 11 is 8.31. The lowest BCUT2D eigenvalue weighted by molar-refractivity contribution is 0.739. The first kappa shape index (κ1) is 13.0. The molecule has 4 heteroatoms. The Hall–Kier alpha value is -0.0300. The van der Waals surface area contributed by atoms with Crippen molar-refractivity contribution in [1.29, 1.82) is 0 Å². The highest BCUT2D eigenvalue weighted by molar-refractivity contribution is 14.1. The molecule has 1 aliphatic heterocycles. The molecule has 0 aromatic carbocycles. The van der Waals surface area contributed by atoms with Crippen LogP contribution >= 0.6 is 34.2 Å². The molecule has 0 saturated carbocycles. The Morgan fingerprint density at radius 2 is 2.40 bits per heavy atom. The average Bonchev–Trinajstić information content (AvgIpc) is 2.19. The van der Waals surface area contributed by atoms with Crippen molar-refractivity contribution in [2.45, 2.75) is 26.7 Å². The monoisotopic (exact) mass is 338 g/mol. The van der Waals surface area contributed by atoms with E-state index in [1.165, 1.54) is 0 Å². The van der Waals surface area contributed by atoms with Crippen molar-refractivity contribution in [2.75, 3.05) is 6.54 Å². The van der Waals surface area contributed by atoms with Crippen molar-refractivity contribution < 1.29 is 0 Å². The molecule has 1 heterocycles. The van der Waals surface area contributed by atoms with Crippen LogP contribution in [0.2, 0.25) is 0 Å². The topological polar surface area (TPSA) is 24.4 Å². The van der Waals surface area contributed by atoms with Gasteiger partial charge in [-0.25, -0.2) is 4.99 Å². The van der Waals surface area contributed by atoms with Crippen molar-refractivity contribution in [3.05, 3.63) is 20.9 Å². The van der Waals surface area contributed by atoms with E-state index in [0.717, 1.165) is 28.8 Å². The lowest BCUT2D eigenvalue weighted by atomic mass is 10.1. The van der Waals surface area contributed by atoms with Crippen LogP contribution < -0.4 is 5.32 Å². The molecule has 0 bridgehead atoms. The van der Waals surface area contributed by atoms with Crippen molar-refractivity contribution in [3.63, 3.8) is 0 Å². The van der Waals surface area contributed by atoms with Crippen molar-refractivity contribution >= 4 is 40.0 Å². The molecule has 1 unspecified atom stereocenters. The zero-order valence-electron chi connectivity index (χ0n) is 9.06. The standard InChI is InChI=1S/C11H16ClIN2/c1-3-6-14-11-9(13)7-8(2)4-5-10(12)15-11/h5,7-8H,3-4,6H2,1-2H3,(H,14,15)/b9-7+,10-5+. The van der Waals surface area contributed by atoms with Gasteiger partial charge in [0.25, 0.3) is 0 Å². The van der Waals surface area contributed by atoms with Gasteiger partial charge in [0.2, 0.25) is 0 Å². The summed E-state index contributed by atoms with van der Waals surface area (Å²) in [5.41, 5.74) is 0. The smallest absolute Gasteiger partial charge is 0.140 e. The second-order valence-corrected chi connectivity index (χ2v) is 5.19. The molecule has 0 aliphatic carbocycles. The molecule has 0 spiro atoms. The van der Waals surface area contributed by atoms with Crippen LogP contribution in [0.1, 0.15) is 26.7 Å². The van der Waals surface area contributed by atoms with E-state index in [1.54, 1.807) is 0 Å². The molecule has 0 saturated heterocycles. The number of aliphatic imine (C=N–C) groups is 1. The normalized spacial score (nSPS) is 32.5. The van der Waals surface area contributed by atoms with Crippen LogP contribution in [-0.4, -0.2) is 12.4 Å². The Kier molecular flexibility index (Phi) is 5.68. The molecular formula is C11H16ClIN2. The molecule has 84 valence electrons. The van der Waals surface area contributed by atoms with Gasteiger partial charge < -0.3 is 5.32 Å². The summed E-state index contributed by atoms with van der Waals surface area (Å²) in [6.45, 7) is 5.24. The van der Waals surface area contributed by atoms with Gasteiger partial charge in [-0.2, -0.15) is 0 Å². The zero-order valence-corrected chi connectivity index (χ0v) is 12.0. The van der Waals surface area contributed by atoms with E-state index >= 15 is 0 Å². The molecule has 0 fully saturated rings. The maximum atomic E-state index is 6.00.